The van der Waals surface area contributed by atoms with Crippen molar-refractivity contribution in [2.24, 2.45) is 0 Å². The Hall–Kier alpha value is -2.67. The fraction of sp³-hybridized carbons (Fsp3) is 0.389. The zero-order chi connectivity index (χ0) is 17.2. The topological polar surface area (TPSA) is 73.7 Å². The Morgan fingerprint density at radius 2 is 1.64 bits per heavy atom. The lowest BCUT2D eigenvalue weighted by atomic mass is 10.1. The van der Waals surface area contributed by atoms with Crippen LogP contribution in [0.5, 0.6) is 11.8 Å². The van der Waals surface area contributed by atoms with E-state index in [1.807, 2.05) is 30.3 Å². The molecule has 1 fully saturated rings. The molecule has 2 aliphatic heterocycles. The predicted octanol–water partition coefficient (Wildman–Crippen LogP) is 1.86. The molecule has 0 amide bonds. The van der Waals surface area contributed by atoms with Gasteiger partial charge in [-0.3, -0.25) is 0 Å². The number of hydrogen-bond acceptors (Lipinski definition) is 6. The summed E-state index contributed by atoms with van der Waals surface area (Å²) < 4.78 is 12.0. The molecule has 0 unspecified atom stereocenters. The molecule has 2 aliphatic rings. The Labute approximate surface area is 145 Å². The maximum atomic E-state index is 11.8. The molecule has 1 aromatic heterocycles. The molecule has 2 bridgehead atoms. The van der Waals surface area contributed by atoms with Crippen molar-refractivity contribution in [3.05, 3.63) is 30.3 Å². The van der Waals surface area contributed by atoms with Crippen molar-refractivity contribution in [2.45, 2.75) is 25.8 Å². The quantitative estimate of drug-likeness (QED) is 0.624. The van der Waals surface area contributed by atoms with Gasteiger partial charge < -0.3 is 14.4 Å². The lowest BCUT2D eigenvalue weighted by molar-refractivity contribution is -0.156. The van der Waals surface area contributed by atoms with Crippen LogP contribution >= 0.6 is 0 Å². The number of carbonyl (C=O) groups is 2. The highest BCUT2D eigenvalue weighted by Gasteiger charge is 2.34. The molecule has 7 nitrogen and oxygen atoms in total. The molecule has 1 aromatic carbocycles. The fourth-order valence-electron chi connectivity index (χ4n) is 3.28. The summed E-state index contributed by atoms with van der Waals surface area (Å²) in [7, 11) is 0. The summed E-state index contributed by atoms with van der Waals surface area (Å²) in [5.74, 6) is -1.67. The van der Waals surface area contributed by atoms with Gasteiger partial charge in [0, 0.05) is 6.54 Å². The monoisotopic (exact) mass is 341 g/mol. The van der Waals surface area contributed by atoms with Gasteiger partial charge >= 0.3 is 11.9 Å². The van der Waals surface area contributed by atoms with Crippen LogP contribution in [0.4, 0.5) is 0 Å². The number of hydrogen-bond donors (Lipinski definition) is 0. The van der Waals surface area contributed by atoms with E-state index in [2.05, 4.69) is 10.00 Å². The molecular weight excluding hydrogens is 322 g/mol. The third kappa shape index (κ3) is 3.15. The molecule has 4 rings (SSSR count). The first kappa shape index (κ1) is 15.8. The molecule has 0 atom stereocenters. The molecular formula is C18H19N3O4. The number of carbonyl (C=O) groups excluding carboxylic acids is 2. The Bertz CT molecular complexity index is 794. The van der Waals surface area contributed by atoms with E-state index in [1.54, 1.807) is 4.68 Å². The van der Waals surface area contributed by atoms with Crippen molar-refractivity contribution in [1.29, 1.82) is 0 Å². The molecule has 7 heteroatoms. The average Bonchev–Trinajstić information content (AvgIpc) is 2.91. The molecule has 0 aliphatic carbocycles. The van der Waals surface area contributed by atoms with E-state index >= 15 is 0 Å². The lowest BCUT2D eigenvalue weighted by Gasteiger charge is -2.26. The zero-order valence-corrected chi connectivity index (χ0v) is 13.8. The van der Waals surface area contributed by atoms with Crippen LogP contribution in [0.1, 0.15) is 19.3 Å². The smallest absolute Gasteiger partial charge is 0.398 e. The average molecular weight is 341 g/mol. The highest BCUT2D eigenvalue weighted by atomic mass is 16.6. The van der Waals surface area contributed by atoms with Gasteiger partial charge in [-0.2, -0.15) is 0 Å². The number of esters is 2. The molecule has 0 spiro atoms. The van der Waals surface area contributed by atoms with E-state index in [0.717, 1.165) is 25.2 Å². The van der Waals surface area contributed by atoms with E-state index in [1.165, 1.54) is 19.3 Å². The second-order valence-corrected chi connectivity index (χ2v) is 6.26. The van der Waals surface area contributed by atoms with Gasteiger partial charge in [-0.1, -0.05) is 36.8 Å². The van der Waals surface area contributed by atoms with Crippen LogP contribution in [0.15, 0.2) is 30.3 Å². The van der Waals surface area contributed by atoms with Gasteiger partial charge in [-0.05, 0) is 31.5 Å². The van der Waals surface area contributed by atoms with E-state index in [0.29, 0.717) is 12.1 Å². The Morgan fingerprint density at radius 1 is 0.920 bits per heavy atom. The third-order valence-electron chi connectivity index (χ3n) is 4.56. The minimum Gasteiger partial charge on any atom is -0.398 e. The summed E-state index contributed by atoms with van der Waals surface area (Å²) in [6.45, 7) is 3.53. The molecule has 2 aromatic rings. The largest absolute Gasteiger partial charge is 0.424 e. The Kier molecular flexibility index (Phi) is 4.23. The molecule has 0 saturated carbocycles. The van der Waals surface area contributed by atoms with Crippen molar-refractivity contribution in [3.63, 3.8) is 0 Å². The van der Waals surface area contributed by atoms with Crippen LogP contribution in [-0.4, -0.2) is 46.3 Å². The van der Waals surface area contributed by atoms with Crippen molar-refractivity contribution in [1.82, 2.24) is 14.7 Å². The van der Waals surface area contributed by atoms with Gasteiger partial charge in [0.2, 0.25) is 5.88 Å². The molecule has 25 heavy (non-hydrogen) atoms. The Morgan fingerprint density at radius 3 is 2.40 bits per heavy atom. The normalized spacial score (nSPS) is 17.8. The molecule has 0 radical (unpaired) electrons. The minimum atomic E-state index is -1.04. The zero-order valence-electron chi connectivity index (χ0n) is 13.8. The first-order valence-corrected chi connectivity index (χ1v) is 8.55. The van der Waals surface area contributed by atoms with Crippen LogP contribution in [0, 0.1) is 0 Å². The predicted molar refractivity (Wildman–Crippen MR) is 89.2 cm³/mol. The summed E-state index contributed by atoms with van der Waals surface area (Å²) in [6.07, 6.45) is 3.69. The lowest BCUT2D eigenvalue weighted by Crippen LogP contribution is -2.33. The fourth-order valence-corrected chi connectivity index (χ4v) is 3.28. The van der Waals surface area contributed by atoms with E-state index < -0.39 is 11.9 Å². The first-order chi connectivity index (χ1) is 12.2. The van der Waals surface area contributed by atoms with Gasteiger partial charge in [-0.15, -0.1) is 5.10 Å². The SMILES string of the molecule is O=C1Oc2nn(CCN3CCCCC3)c(c2-c2ccccc2)OC1=O. The first-order valence-electron chi connectivity index (χ1n) is 8.55. The maximum absolute atomic E-state index is 11.8. The highest BCUT2D eigenvalue weighted by Crippen LogP contribution is 2.40. The van der Waals surface area contributed by atoms with E-state index in [-0.39, 0.29) is 11.8 Å². The Balaban J connectivity index is 1.66. The van der Waals surface area contributed by atoms with Crippen LogP contribution in [0.3, 0.4) is 0 Å². The van der Waals surface area contributed by atoms with Crippen molar-refractivity contribution in [2.75, 3.05) is 19.6 Å². The summed E-state index contributed by atoms with van der Waals surface area (Å²) in [5.41, 5.74) is 1.33. The van der Waals surface area contributed by atoms with Crippen molar-refractivity contribution < 1.29 is 19.1 Å². The third-order valence-corrected chi connectivity index (χ3v) is 4.56. The van der Waals surface area contributed by atoms with Crippen LogP contribution < -0.4 is 9.47 Å². The van der Waals surface area contributed by atoms with Crippen LogP contribution in [0.25, 0.3) is 11.1 Å². The number of aromatic nitrogens is 2. The van der Waals surface area contributed by atoms with E-state index in [4.69, 9.17) is 9.47 Å². The van der Waals surface area contributed by atoms with Crippen LogP contribution in [-0.2, 0) is 16.1 Å². The van der Waals surface area contributed by atoms with Crippen LogP contribution in [0.2, 0.25) is 0 Å². The highest BCUT2D eigenvalue weighted by molar-refractivity contribution is 6.31. The number of fused-ring (bicyclic) bond motifs is 2. The number of likely N-dealkylation sites (tertiary alicyclic amines) is 1. The number of rotatable bonds is 4. The number of benzene rings is 1. The summed E-state index contributed by atoms with van der Waals surface area (Å²) in [6, 6.07) is 9.37. The maximum Gasteiger partial charge on any atom is 0.424 e. The molecule has 0 N–H and O–H groups in total. The molecule has 3 heterocycles. The summed E-state index contributed by atoms with van der Waals surface area (Å²) in [4.78, 5) is 25.8. The molecule has 130 valence electrons. The van der Waals surface area contributed by atoms with Crippen molar-refractivity contribution in [3.8, 4) is 22.9 Å². The van der Waals surface area contributed by atoms with Gasteiger partial charge in [0.25, 0.3) is 5.88 Å². The summed E-state index contributed by atoms with van der Waals surface area (Å²) in [5, 5.41) is 4.37. The number of nitrogens with zero attached hydrogens (tertiary/aromatic N) is 3. The van der Waals surface area contributed by atoms with E-state index in [9.17, 15) is 9.59 Å². The summed E-state index contributed by atoms with van der Waals surface area (Å²) >= 11 is 0. The van der Waals surface area contributed by atoms with Gasteiger partial charge in [0.15, 0.2) is 0 Å². The van der Waals surface area contributed by atoms with Gasteiger partial charge in [-0.25, -0.2) is 14.3 Å². The minimum absolute atomic E-state index is 0.121. The number of piperidine rings is 1. The second-order valence-electron chi connectivity index (χ2n) is 6.26. The van der Waals surface area contributed by atoms with Gasteiger partial charge in [0.1, 0.15) is 5.56 Å². The number of ether oxygens (including phenoxy) is 2. The molecule has 1 saturated heterocycles. The standard InChI is InChI=1S/C18H19N3O4/c22-17-18(23)25-16-14(13-7-3-1-4-8-13)15(24-17)19-21(16)12-11-20-9-5-2-6-10-20/h1,3-4,7-8H,2,5-6,9-12H2. The second kappa shape index (κ2) is 6.68. The van der Waals surface area contributed by atoms with Crippen molar-refractivity contribution >= 4 is 11.9 Å². The van der Waals surface area contributed by atoms with Gasteiger partial charge in [0.05, 0.1) is 6.54 Å².